The second-order valence-corrected chi connectivity index (χ2v) is 6.58. The van der Waals surface area contributed by atoms with Crippen LogP contribution >= 0.6 is 11.8 Å². The van der Waals surface area contributed by atoms with Crippen LogP contribution in [0.2, 0.25) is 0 Å². The van der Waals surface area contributed by atoms with Crippen LogP contribution in [-0.4, -0.2) is 41.3 Å². The van der Waals surface area contributed by atoms with Gasteiger partial charge in [-0.3, -0.25) is 4.57 Å². The lowest BCUT2D eigenvalue weighted by molar-refractivity contribution is 0.218. The summed E-state index contributed by atoms with van der Waals surface area (Å²) in [5, 5.41) is 9.68. The number of hydrogen-bond donors (Lipinski definition) is 0. The number of nitrogens with zero attached hydrogens (tertiary/aromatic N) is 3. The van der Waals surface area contributed by atoms with Crippen molar-refractivity contribution in [2.75, 3.05) is 26.6 Å². The van der Waals surface area contributed by atoms with Gasteiger partial charge in [-0.1, -0.05) is 41.6 Å². The highest BCUT2D eigenvalue weighted by atomic mass is 32.2. The van der Waals surface area contributed by atoms with E-state index in [1.165, 1.54) is 5.56 Å². The number of hydrogen-bond acceptors (Lipinski definition) is 5. The summed E-state index contributed by atoms with van der Waals surface area (Å²) in [6, 6.07) is 16.2. The minimum Gasteiger partial charge on any atom is -0.496 e. The number of thioether (sulfide) groups is 1. The zero-order chi connectivity index (χ0) is 17.6. The zero-order valence-electron chi connectivity index (χ0n) is 14.6. The van der Waals surface area contributed by atoms with Crippen LogP contribution in [0.25, 0.3) is 17.1 Å². The molecule has 130 valence electrons. The van der Waals surface area contributed by atoms with Crippen molar-refractivity contribution in [1.29, 1.82) is 0 Å². The Morgan fingerprint density at radius 2 is 1.76 bits per heavy atom. The third-order valence-corrected chi connectivity index (χ3v) is 4.69. The molecule has 0 N–H and O–H groups in total. The number of para-hydroxylation sites is 1. The van der Waals surface area contributed by atoms with E-state index in [4.69, 9.17) is 9.47 Å². The van der Waals surface area contributed by atoms with Crippen LogP contribution in [0.3, 0.4) is 0 Å². The molecule has 0 bridgehead atoms. The van der Waals surface area contributed by atoms with Crippen molar-refractivity contribution in [3.63, 3.8) is 0 Å². The number of aryl methyl sites for hydroxylation is 1. The highest BCUT2D eigenvalue weighted by Crippen LogP contribution is 2.33. The van der Waals surface area contributed by atoms with Crippen molar-refractivity contribution in [1.82, 2.24) is 14.8 Å². The smallest absolute Gasteiger partial charge is 0.196 e. The Hall–Kier alpha value is -2.31. The standard InChI is InChI=1S/C19H21N3O2S/c1-14-8-10-15(11-9-14)22-18(16-6-4-5-7-17(16)24-3)20-21-19(22)25-13-12-23-2/h4-11H,12-13H2,1-3H3. The van der Waals surface area contributed by atoms with Gasteiger partial charge in [-0.15, -0.1) is 10.2 Å². The van der Waals surface area contributed by atoms with Gasteiger partial charge in [0.25, 0.3) is 0 Å². The molecule has 0 fully saturated rings. The average Bonchev–Trinajstić information content (AvgIpc) is 3.06. The van der Waals surface area contributed by atoms with Crippen LogP contribution in [0, 0.1) is 6.92 Å². The maximum absolute atomic E-state index is 5.51. The molecule has 0 unspecified atom stereocenters. The molecule has 0 aliphatic carbocycles. The van der Waals surface area contributed by atoms with Gasteiger partial charge < -0.3 is 9.47 Å². The third kappa shape index (κ3) is 3.86. The Morgan fingerprint density at radius 1 is 1.00 bits per heavy atom. The van der Waals surface area contributed by atoms with E-state index >= 15 is 0 Å². The first-order valence-corrected chi connectivity index (χ1v) is 9.00. The van der Waals surface area contributed by atoms with Crippen LogP contribution in [0.5, 0.6) is 5.75 Å². The Labute approximate surface area is 152 Å². The summed E-state index contributed by atoms with van der Waals surface area (Å²) in [6.07, 6.45) is 0. The van der Waals surface area contributed by atoms with E-state index in [2.05, 4.69) is 46.0 Å². The molecular formula is C19H21N3O2S. The van der Waals surface area contributed by atoms with Gasteiger partial charge in [-0.2, -0.15) is 0 Å². The minimum absolute atomic E-state index is 0.662. The molecule has 0 aliphatic heterocycles. The first-order valence-electron chi connectivity index (χ1n) is 8.02. The SMILES string of the molecule is COCCSc1nnc(-c2ccccc2OC)n1-c1ccc(C)cc1. The maximum Gasteiger partial charge on any atom is 0.196 e. The molecule has 3 rings (SSSR count). The second kappa shape index (κ2) is 8.18. The molecule has 2 aromatic carbocycles. The molecule has 5 nitrogen and oxygen atoms in total. The fourth-order valence-electron chi connectivity index (χ4n) is 2.51. The van der Waals surface area contributed by atoms with Crippen LogP contribution in [-0.2, 0) is 4.74 Å². The average molecular weight is 355 g/mol. The summed E-state index contributed by atoms with van der Waals surface area (Å²) >= 11 is 1.62. The number of ether oxygens (including phenoxy) is 2. The summed E-state index contributed by atoms with van der Waals surface area (Å²) in [7, 11) is 3.37. The zero-order valence-corrected chi connectivity index (χ0v) is 15.4. The van der Waals surface area contributed by atoms with Crippen LogP contribution in [0.15, 0.2) is 53.7 Å². The van der Waals surface area contributed by atoms with E-state index < -0.39 is 0 Å². The predicted molar refractivity (Wildman–Crippen MR) is 101 cm³/mol. The largest absolute Gasteiger partial charge is 0.496 e. The summed E-state index contributed by atoms with van der Waals surface area (Å²) < 4.78 is 12.7. The highest BCUT2D eigenvalue weighted by Gasteiger charge is 2.18. The third-order valence-electron chi connectivity index (χ3n) is 3.79. The second-order valence-electron chi connectivity index (χ2n) is 5.52. The van der Waals surface area contributed by atoms with Gasteiger partial charge in [0.2, 0.25) is 0 Å². The van der Waals surface area contributed by atoms with E-state index in [1.54, 1.807) is 26.0 Å². The van der Waals surface area contributed by atoms with Crippen molar-refractivity contribution in [2.24, 2.45) is 0 Å². The maximum atomic E-state index is 5.51. The van der Waals surface area contributed by atoms with Crippen LogP contribution in [0.4, 0.5) is 0 Å². The monoisotopic (exact) mass is 355 g/mol. The fourth-order valence-corrected chi connectivity index (χ4v) is 3.36. The van der Waals surface area contributed by atoms with Gasteiger partial charge in [-0.25, -0.2) is 0 Å². The van der Waals surface area contributed by atoms with Crippen molar-refractivity contribution in [3.05, 3.63) is 54.1 Å². The summed E-state index contributed by atoms with van der Waals surface area (Å²) in [6.45, 7) is 2.74. The van der Waals surface area contributed by atoms with E-state index in [9.17, 15) is 0 Å². The molecule has 0 aliphatic rings. The lowest BCUT2D eigenvalue weighted by atomic mass is 10.1. The molecule has 0 saturated heterocycles. The normalized spacial score (nSPS) is 10.8. The molecule has 1 aromatic heterocycles. The van der Waals surface area contributed by atoms with Crippen molar-refractivity contribution >= 4 is 11.8 Å². The quantitative estimate of drug-likeness (QED) is 0.474. The van der Waals surface area contributed by atoms with E-state index in [0.717, 1.165) is 33.7 Å². The van der Waals surface area contributed by atoms with E-state index in [0.29, 0.717) is 6.61 Å². The molecule has 0 amide bonds. The first-order chi connectivity index (χ1) is 12.2. The number of aromatic nitrogens is 3. The van der Waals surface area contributed by atoms with E-state index in [1.807, 2.05) is 24.3 Å². The van der Waals surface area contributed by atoms with Crippen molar-refractivity contribution in [2.45, 2.75) is 12.1 Å². The number of methoxy groups -OCH3 is 2. The van der Waals surface area contributed by atoms with Crippen molar-refractivity contribution < 1.29 is 9.47 Å². The minimum atomic E-state index is 0.662. The molecule has 0 atom stereocenters. The lowest BCUT2D eigenvalue weighted by Gasteiger charge is -2.12. The van der Waals surface area contributed by atoms with Gasteiger partial charge in [0.1, 0.15) is 5.75 Å². The van der Waals surface area contributed by atoms with Gasteiger partial charge in [-0.05, 0) is 31.2 Å². The van der Waals surface area contributed by atoms with Gasteiger partial charge in [0, 0.05) is 18.6 Å². The molecule has 25 heavy (non-hydrogen) atoms. The molecule has 0 spiro atoms. The molecule has 6 heteroatoms. The first kappa shape index (κ1) is 17.5. The molecular weight excluding hydrogens is 334 g/mol. The van der Waals surface area contributed by atoms with Crippen LogP contribution in [0.1, 0.15) is 5.56 Å². The van der Waals surface area contributed by atoms with Gasteiger partial charge >= 0.3 is 0 Å². The topological polar surface area (TPSA) is 49.2 Å². The summed E-state index contributed by atoms with van der Waals surface area (Å²) in [5.74, 6) is 2.35. The van der Waals surface area contributed by atoms with Gasteiger partial charge in [0.15, 0.2) is 11.0 Å². The molecule has 3 aromatic rings. The highest BCUT2D eigenvalue weighted by molar-refractivity contribution is 7.99. The molecule has 0 saturated carbocycles. The molecule has 0 radical (unpaired) electrons. The van der Waals surface area contributed by atoms with Crippen molar-refractivity contribution in [3.8, 4) is 22.8 Å². The number of rotatable bonds is 7. The lowest BCUT2D eigenvalue weighted by Crippen LogP contribution is -2.02. The Bertz CT molecular complexity index is 831. The van der Waals surface area contributed by atoms with Gasteiger partial charge in [0.05, 0.1) is 19.3 Å². The fraction of sp³-hybridized carbons (Fsp3) is 0.263. The Morgan fingerprint density at radius 3 is 2.48 bits per heavy atom. The Balaban J connectivity index is 2.10. The van der Waals surface area contributed by atoms with Crippen LogP contribution < -0.4 is 4.74 Å². The molecule has 1 heterocycles. The predicted octanol–water partition coefficient (Wildman–Crippen LogP) is 3.99. The number of benzene rings is 2. The van der Waals surface area contributed by atoms with E-state index in [-0.39, 0.29) is 0 Å². The summed E-state index contributed by atoms with van der Waals surface area (Å²) in [5.41, 5.74) is 3.15. The Kier molecular flexibility index (Phi) is 5.73. The summed E-state index contributed by atoms with van der Waals surface area (Å²) in [4.78, 5) is 0.